The minimum absolute atomic E-state index is 0.0247. The second-order valence-corrected chi connectivity index (χ2v) is 4.28. The standard InChI is InChI=1S/C13H17F3N2O2/c14-13(15,16)6-3-7-20-9-11-5-2-1-4-10(11)8-12(19)18-17/h1-2,4-5H,3,6-9,17H2,(H,18,19). The Morgan fingerprint density at radius 2 is 1.90 bits per heavy atom. The zero-order valence-corrected chi connectivity index (χ0v) is 10.9. The molecule has 0 fully saturated rings. The Kier molecular flexibility index (Phi) is 6.47. The topological polar surface area (TPSA) is 64.3 Å². The van der Waals surface area contributed by atoms with Crippen LogP contribution in [-0.2, 0) is 22.6 Å². The summed E-state index contributed by atoms with van der Waals surface area (Å²) in [6.07, 6.45) is -4.97. The molecule has 4 nitrogen and oxygen atoms in total. The fraction of sp³-hybridized carbons (Fsp3) is 0.462. The Bertz CT molecular complexity index is 436. The highest BCUT2D eigenvalue weighted by Gasteiger charge is 2.25. The molecule has 0 spiro atoms. The van der Waals surface area contributed by atoms with Crippen LogP contribution in [0, 0.1) is 0 Å². The van der Waals surface area contributed by atoms with Crippen LogP contribution in [0.15, 0.2) is 24.3 Å². The molecule has 0 atom stereocenters. The van der Waals surface area contributed by atoms with E-state index >= 15 is 0 Å². The zero-order valence-electron chi connectivity index (χ0n) is 10.9. The summed E-state index contributed by atoms with van der Waals surface area (Å²) < 4.78 is 41.0. The molecule has 7 heteroatoms. The van der Waals surface area contributed by atoms with E-state index in [4.69, 9.17) is 10.6 Å². The average Bonchev–Trinajstić information content (AvgIpc) is 2.38. The summed E-state index contributed by atoms with van der Waals surface area (Å²) in [4.78, 5) is 11.2. The average molecular weight is 290 g/mol. The van der Waals surface area contributed by atoms with Gasteiger partial charge in [0.1, 0.15) is 0 Å². The molecule has 1 aromatic rings. The smallest absolute Gasteiger partial charge is 0.377 e. The molecule has 0 aliphatic heterocycles. The second-order valence-electron chi connectivity index (χ2n) is 4.28. The molecule has 20 heavy (non-hydrogen) atoms. The van der Waals surface area contributed by atoms with Gasteiger partial charge in [-0.3, -0.25) is 10.2 Å². The molecule has 0 aliphatic carbocycles. The number of ether oxygens (including phenoxy) is 1. The summed E-state index contributed by atoms with van der Waals surface area (Å²) in [5, 5.41) is 0. The molecular formula is C13H17F3N2O2. The van der Waals surface area contributed by atoms with E-state index < -0.39 is 12.6 Å². The van der Waals surface area contributed by atoms with Gasteiger partial charge in [0.25, 0.3) is 0 Å². The number of carbonyl (C=O) groups excluding carboxylic acids is 1. The first-order valence-corrected chi connectivity index (χ1v) is 6.13. The third-order valence-electron chi connectivity index (χ3n) is 2.64. The number of alkyl halides is 3. The van der Waals surface area contributed by atoms with Crippen molar-refractivity contribution in [2.75, 3.05) is 6.61 Å². The summed E-state index contributed by atoms with van der Waals surface area (Å²) in [5.41, 5.74) is 3.54. The fourth-order valence-corrected chi connectivity index (χ4v) is 1.65. The van der Waals surface area contributed by atoms with Crippen LogP contribution in [0.2, 0.25) is 0 Å². The van der Waals surface area contributed by atoms with Gasteiger partial charge in [0.2, 0.25) is 5.91 Å². The summed E-state index contributed by atoms with van der Waals surface area (Å²) in [6.45, 7) is 0.197. The number of halogens is 3. The highest BCUT2D eigenvalue weighted by Crippen LogP contribution is 2.21. The van der Waals surface area contributed by atoms with Crippen molar-refractivity contribution in [1.82, 2.24) is 5.43 Å². The normalized spacial score (nSPS) is 11.4. The highest BCUT2D eigenvalue weighted by atomic mass is 19.4. The Morgan fingerprint density at radius 1 is 1.25 bits per heavy atom. The lowest BCUT2D eigenvalue weighted by Gasteiger charge is -2.10. The van der Waals surface area contributed by atoms with Crippen LogP contribution < -0.4 is 11.3 Å². The maximum Gasteiger partial charge on any atom is 0.389 e. The van der Waals surface area contributed by atoms with Gasteiger partial charge in [0.05, 0.1) is 13.0 Å². The fourth-order valence-electron chi connectivity index (χ4n) is 1.65. The van der Waals surface area contributed by atoms with Crippen molar-refractivity contribution < 1.29 is 22.7 Å². The first kappa shape index (κ1) is 16.5. The van der Waals surface area contributed by atoms with E-state index in [-0.39, 0.29) is 32.0 Å². The number of hydrazine groups is 1. The minimum atomic E-state index is -4.15. The summed E-state index contributed by atoms with van der Waals surface area (Å²) in [6, 6.07) is 7.07. The van der Waals surface area contributed by atoms with Crippen molar-refractivity contribution in [2.45, 2.75) is 32.0 Å². The van der Waals surface area contributed by atoms with E-state index in [1.54, 1.807) is 24.3 Å². The third-order valence-corrected chi connectivity index (χ3v) is 2.64. The maximum atomic E-state index is 11.9. The summed E-state index contributed by atoms with van der Waals surface area (Å²) >= 11 is 0. The van der Waals surface area contributed by atoms with Crippen LogP contribution in [0.4, 0.5) is 13.2 Å². The van der Waals surface area contributed by atoms with Crippen molar-refractivity contribution >= 4 is 5.91 Å². The number of amides is 1. The van der Waals surface area contributed by atoms with Gasteiger partial charge in [-0.2, -0.15) is 13.2 Å². The van der Waals surface area contributed by atoms with Crippen LogP contribution in [0.5, 0.6) is 0 Å². The van der Waals surface area contributed by atoms with Gasteiger partial charge in [0, 0.05) is 13.0 Å². The number of hydrogen-bond acceptors (Lipinski definition) is 3. The molecule has 1 rings (SSSR count). The Labute approximate surface area is 115 Å². The van der Waals surface area contributed by atoms with Crippen LogP contribution >= 0.6 is 0 Å². The van der Waals surface area contributed by atoms with E-state index in [1.807, 2.05) is 5.43 Å². The van der Waals surface area contributed by atoms with E-state index in [9.17, 15) is 18.0 Å². The number of benzene rings is 1. The molecule has 3 N–H and O–H groups in total. The van der Waals surface area contributed by atoms with Gasteiger partial charge in [0.15, 0.2) is 0 Å². The molecule has 0 aromatic heterocycles. The van der Waals surface area contributed by atoms with Crippen LogP contribution in [0.3, 0.4) is 0 Å². The van der Waals surface area contributed by atoms with Gasteiger partial charge >= 0.3 is 6.18 Å². The molecule has 0 saturated heterocycles. The van der Waals surface area contributed by atoms with Crippen molar-refractivity contribution in [3.05, 3.63) is 35.4 Å². The molecule has 112 valence electrons. The van der Waals surface area contributed by atoms with E-state index in [0.717, 1.165) is 11.1 Å². The highest BCUT2D eigenvalue weighted by molar-refractivity contribution is 5.78. The van der Waals surface area contributed by atoms with E-state index in [2.05, 4.69) is 0 Å². The van der Waals surface area contributed by atoms with Gasteiger partial charge in [-0.15, -0.1) is 0 Å². The second kappa shape index (κ2) is 7.86. The number of hydrogen-bond donors (Lipinski definition) is 2. The largest absolute Gasteiger partial charge is 0.389 e. The van der Waals surface area contributed by atoms with E-state index in [1.165, 1.54) is 0 Å². The quantitative estimate of drug-likeness (QED) is 0.350. The number of rotatable bonds is 7. The summed E-state index contributed by atoms with van der Waals surface area (Å²) in [7, 11) is 0. The summed E-state index contributed by atoms with van der Waals surface area (Å²) in [5.74, 6) is 4.67. The first-order chi connectivity index (χ1) is 9.42. The first-order valence-electron chi connectivity index (χ1n) is 6.13. The van der Waals surface area contributed by atoms with Crippen molar-refractivity contribution in [3.63, 3.8) is 0 Å². The third kappa shape index (κ3) is 6.53. The lowest BCUT2D eigenvalue weighted by molar-refractivity contribution is -0.138. The molecular weight excluding hydrogens is 273 g/mol. The lowest BCUT2D eigenvalue weighted by Crippen LogP contribution is -2.31. The minimum Gasteiger partial charge on any atom is -0.377 e. The Hall–Kier alpha value is -1.60. The van der Waals surface area contributed by atoms with Crippen LogP contribution in [0.1, 0.15) is 24.0 Å². The lowest BCUT2D eigenvalue weighted by atomic mass is 10.1. The molecule has 0 saturated carbocycles. The molecule has 0 bridgehead atoms. The van der Waals surface area contributed by atoms with Gasteiger partial charge in [-0.05, 0) is 17.5 Å². The van der Waals surface area contributed by atoms with Crippen LogP contribution in [0.25, 0.3) is 0 Å². The predicted octanol–water partition coefficient (Wildman–Crippen LogP) is 2.08. The number of carbonyl (C=O) groups is 1. The van der Waals surface area contributed by atoms with Crippen molar-refractivity contribution in [3.8, 4) is 0 Å². The van der Waals surface area contributed by atoms with Crippen molar-refractivity contribution in [1.29, 1.82) is 0 Å². The predicted molar refractivity (Wildman–Crippen MR) is 67.4 cm³/mol. The molecule has 0 radical (unpaired) electrons. The molecule has 0 unspecified atom stereocenters. The van der Waals surface area contributed by atoms with E-state index in [0.29, 0.717) is 0 Å². The SMILES string of the molecule is NNC(=O)Cc1ccccc1COCCCC(F)(F)F. The van der Waals surface area contributed by atoms with Gasteiger partial charge < -0.3 is 4.74 Å². The molecule has 1 aromatic carbocycles. The Morgan fingerprint density at radius 3 is 2.50 bits per heavy atom. The number of nitrogens with two attached hydrogens (primary N) is 1. The molecule has 0 aliphatic rings. The van der Waals surface area contributed by atoms with Gasteiger partial charge in [-0.25, -0.2) is 5.84 Å². The monoisotopic (exact) mass is 290 g/mol. The molecule has 0 heterocycles. The number of nitrogens with one attached hydrogen (secondary N) is 1. The van der Waals surface area contributed by atoms with Crippen molar-refractivity contribution in [2.24, 2.45) is 5.84 Å². The van der Waals surface area contributed by atoms with Gasteiger partial charge in [-0.1, -0.05) is 24.3 Å². The Balaban J connectivity index is 2.41. The van der Waals surface area contributed by atoms with Crippen LogP contribution in [-0.4, -0.2) is 18.7 Å². The molecule has 1 amide bonds. The maximum absolute atomic E-state index is 11.9. The zero-order chi connectivity index (χ0) is 15.0.